The fourth-order valence-corrected chi connectivity index (χ4v) is 3.15. The van der Waals surface area contributed by atoms with Crippen LogP contribution >= 0.6 is 0 Å². The molecule has 1 saturated heterocycles. The summed E-state index contributed by atoms with van der Waals surface area (Å²) >= 11 is 0. The molecule has 1 aliphatic rings. The summed E-state index contributed by atoms with van der Waals surface area (Å²) in [6.07, 6.45) is 3.01. The molecule has 0 radical (unpaired) electrons. The van der Waals surface area contributed by atoms with E-state index in [4.69, 9.17) is 8.94 Å². The number of aromatic nitrogens is 2. The summed E-state index contributed by atoms with van der Waals surface area (Å²) in [7, 11) is 0. The van der Waals surface area contributed by atoms with Crippen molar-refractivity contribution in [1.82, 2.24) is 19.9 Å². The van der Waals surface area contributed by atoms with Gasteiger partial charge in [-0.15, -0.1) is 0 Å². The number of furan rings is 1. The van der Waals surface area contributed by atoms with Crippen LogP contribution in [0.3, 0.4) is 0 Å². The molecule has 1 amide bonds. The second-order valence-corrected chi connectivity index (χ2v) is 6.34. The molecule has 1 atom stereocenters. The summed E-state index contributed by atoms with van der Waals surface area (Å²) in [4.78, 5) is 21.0. The van der Waals surface area contributed by atoms with Crippen molar-refractivity contribution in [3.8, 4) is 11.4 Å². The molecule has 0 spiro atoms. The molecule has 7 heteroatoms. The average Bonchev–Trinajstić information content (AvgIpc) is 3.40. The van der Waals surface area contributed by atoms with Gasteiger partial charge >= 0.3 is 0 Å². The Bertz CT molecular complexity index is 852. The van der Waals surface area contributed by atoms with Crippen molar-refractivity contribution in [2.24, 2.45) is 0 Å². The Hall–Kier alpha value is -2.93. The molecule has 0 saturated carbocycles. The Labute approximate surface area is 151 Å². The van der Waals surface area contributed by atoms with Gasteiger partial charge in [-0.3, -0.25) is 9.69 Å². The van der Waals surface area contributed by atoms with Crippen LogP contribution in [0.25, 0.3) is 11.4 Å². The Morgan fingerprint density at radius 2 is 1.88 bits per heavy atom. The predicted molar refractivity (Wildman–Crippen MR) is 94.3 cm³/mol. The molecule has 0 N–H and O–H groups in total. The molecule has 134 valence electrons. The lowest BCUT2D eigenvalue weighted by atomic mass is 10.2. The van der Waals surface area contributed by atoms with Crippen LogP contribution in [-0.4, -0.2) is 52.0 Å². The van der Waals surface area contributed by atoms with Crippen molar-refractivity contribution in [2.45, 2.75) is 13.0 Å². The predicted octanol–water partition coefficient (Wildman–Crippen LogP) is 2.85. The van der Waals surface area contributed by atoms with Crippen molar-refractivity contribution >= 4 is 5.91 Å². The maximum Gasteiger partial charge on any atom is 0.257 e. The zero-order valence-corrected chi connectivity index (χ0v) is 14.5. The second kappa shape index (κ2) is 7.13. The van der Waals surface area contributed by atoms with Gasteiger partial charge in [-0.25, -0.2) is 0 Å². The van der Waals surface area contributed by atoms with Gasteiger partial charge in [-0.05, 0) is 13.0 Å². The van der Waals surface area contributed by atoms with Crippen LogP contribution in [0.4, 0.5) is 0 Å². The third-order valence-electron chi connectivity index (χ3n) is 4.75. The number of rotatable bonds is 4. The molecule has 26 heavy (non-hydrogen) atoms. The van der Waals surface area contributed by atoms with Crippen LogP contribution in [0.1, 0.15) is 29.2 Å². The Morgan fingerprint density at radius 1 is 1.12 bits per heavy atom. The lowest BCUT2D eigenvalue weighted by molar-refractivity contribution is 0.0551. The molecule has 1 aliphatic heterocycles. The van der Waals surface area contributed by atoms with Crippen LogP contribution in [0, 0.1) is 0 Å². The minimum absolute atomic E-state index is 0.00568. The fraction of sp³-hybridized carbons (Fsp3) is 0.316. The quantitative estimate of drug-likeness (QED) is 0.719. The van der Waals surface area contributed by atoms with Crippen molar-refractivity contribution in [1.29, 1.82) is 0 Å². The van der Waals surface area contributed by atoms with Gasteiger partial charge in [-0.2, -0.15) is 4.98 Å². The van der Waals surface area contributed by atoms with Crippen molar-refractivity contribution < 1.29 is 13.7 Å². The number of hydrogen-bond acceptors (Lipinski definition) is 6. The van der Waals surface area contributed by atoms with Gasteiger partial charge in [0.05, 0.1) is 17.9 Å². The minimum atomic E-state index is 0.00568. The first-order chi connectivity index (χ1) is 12.7. The summed E-state index contributed by atoms with van der Waals surface area (Å²) in [5.41, 5.74) is 1.53. The third kappa shape index (κ3) is 3.25. The van der Waals surface area contributed by atoms with E-state index < -0.39 is 0 Å². The van der Waals surface area contributed by atoms with Crippen molar-refractivity contribution in [2.75, 3.05) is 26.2 Å². The van der Waals surface area contributed by atoms with Gasteiger partial charge in [0.25, 0.3) is 5.91 Å². The SMILES string of the molecule is C[C@@H](c1nc(-c2ccccc2)no1)N1CCN(C(=O)c2ccoc2)CC1. The van der Waals surface area contributed by atoms with E-state index in [0.29, 0.717) is 30.4 Å². The summed E-state index contributed by atoms with van der Waals surface area (Å²) in [6, 6.07) is 11.5. The monoisotopic (exact) mass is 352 g/mol. The standard InChI is InChI=1S/C19H20N4O3/c1-14(18-20-17(21-26-18)15-5-3-2-4-6-15)22-8-10-23(11-9-22)19(24)16-7-12-25-13-16/h2-7,12-14H,8-11H2,1H3/t14-/m0/s1. The fourth-order valence-electron chi connectivity index (χ4n) is 3.15. The maximum atomic E-state index is 12.4. The highest BCUT2D eigenvalue weighted by Gasteiger charge is 2.28. The summed E-state index contributed by atoms with van der Waals surface area (Å²) in [5, 5.41) is 4.09. The molecule has 0 unspecified atom stereocenters. The molecule has 1 aromatic carbocycles. The maximum absolute atomic E-state index is 12.4. The normalized spacial score (nSPS) is 16.6. The van der Waals surface area contributed by atoms with Gasteiger partial charge in [0, 0.05) is 31.7 Å². The highest BCUT2D eigenvalue weighted by molar-refractivity contribution is 5.93. The number of amides is 1. The van der Waals surface area contributed by atoms with E-state index in [0.717, 1.165) is 18.7 Å². The average molecular weight is 352 g/mol. The van der Waals surface area contributed by atoms with E-state index in [1.54, 1.807) is 6.07 Å². The zero-order chi connectivity index (χ0) is 17.9. The van der Waals surface area contributed by atoms with Gasteiger partial charge in [0.15, 0.2) is 0 Å². The smallest absolute Gasteiger partial charge is 0.257 e. The Kier molecular flexibility index (Phi) is 4.53. The molecule has 0 bridgehead atoms. The van der Waals surface area contributed by atoms with Gasteiger partial charge in [0.1, 0.15) is 6.26 Å². The molecular weight excluding hydrogens is 332 g/mol. The molecule has 4 rings (SSSR count). The molecule has 3 aromatic rings. The second-order valence-electron chi connectivity index (χ2n) is 6.34. The highest BCUT2D eigenvalue weighted by atomic mass is 16.5. The van der Waals surface area contributed by atoms with E-state index in [2.05, 4.69) is 22.0 Å². The Balaban J connectivity index is 1.39. The summed E-state index contributed by atoms with van der Waals surface area (Å²) < 4.78 is 10.5. The molecule has 3 heterocycles. The van der Waals surface area contributed by atoms with Crippen LogP contribution in [0.5, 0.6) is 0 Å². The largest absolute Gasteiger partial charge is 0.472 e. The first kappa shape index (κ1) is 16.5. The number of nitrogens with zero attached hydrogens (tertiary/aromatic N) is 4. The number of hydrogen-bond donors (Lipinski definition) is 0. The number of carbonyl (C=O) groups excluding carboxylic acids is 1. The van der Waals surface area contributed by atoms with Crippen molar-refractivity contribution in [3.63, 3.8) is 0 Å². The lowest BCUT2D eigenvalue weighted by Gasteiger charge is -2.36. The van der Waals surface area contributed by atoms with Crippen LogP contribution < -0.4 is 0 Å². The van der Waals surface area contributed by atoms with Gasteiger partial charge < -0.3 is 13.8 Å². The molecule has 7 nitrogen and oxygen atoms in total. The van der Waals surface area contributed by atoms with Crippen LogP contribution in [-0.2, 0) is 0 Å². The molecular formula is C19H20N4O3. The third-order valence-corrected chi connectivity index (χ3v) is 4.75. The van der Waals surface area contributed by atoms with Gasteiger partial charge in [0.2, 0.25) is 11.7 Å². The number of carbonyl (C=O) groups is 1. The number of piperazine rings is 1. The van der Waals surface area contributed by atoms with E-state index in [-0.39, 0.29) is 11.9 Å². The lowest BCUT2D eigenvalue weighted by Crippen LogP contribution is -2.49. The summed E-state index contributed by atoms with van der Waals surface area (Å²) in [5.74, 6) is 1.20. The highest BCUT2D eigenvalue weighted by Crippen LogP contribution is 2.23. The van der Waals surface area contributed by atoms with Gasteiger partial charge in [-0.1, -0.05) is 35.5 Å². The first-order valence-electron chi connectivity index (χ1n) is 8.67. The molecule has 2 aromatic heterocycles. The minimum Gasteiger partial charge on any atom is -0.472 e. The topological polar surface area (TPSA) is 75.6 Å². The van der Waals surface area contributed by atoms with E-state index in [9.17, 15) is 4.79 Å². The molecule has 1 fully saturated rings. The van der Waals surface area contributed by atoms with E-state index >= 15 is 0 Å². The van der Waals surface area contributed by atoms with E-state index in [1.807, 2.05) is 35.2 Å². The Morgan fingerprint density at radius 3 is 2.58 bits per heavy atom. The van der Waals surface area contributed by atoms with Crippen LogP contribution in [0.15, 0.2) is 57.9 Å². The first-order valence-corrected chi connectivity index (χ1v) is 8.67. The van der Waals surface area contributed by atoms with Crippen LogP contribution in [0.2, 0.25) is 0 Å². The summed E-state index contributed by atoms with van der Waals surface area (Å²) in [6.45, 7) is 4.89. The van der Waals surface area contributed by atoms with Crippen molar-refractivity contribution in [3.05, 3.63) is 60.4 Å². The van der Waals surface area contributed by atoms with E-state index in [1.165, 1.54) is 12.5 Å². The zero-order valence-electron chi connectivity index (χ0n) is 14.5. The number of benzene rings is 1. The molecule has 0 aliphatic carbocycles.